The number of hydrogen-bond donors (Lipinski definition) is 0. The molecule has 0 aliphatic heterocycles. The summed E-state index contributed by atoms with van der Waals surface area (Å²) in [7, 11) is 0. The van der Waals surface area contributed by atoms with Gasteiger partial charge in [-0.05, 0) is 44.4 Å². The van der Waals surface area contributed by atoms with Crippen molar-refractivity contribution in [3.8, 4) is 11.3 Å². The van der Waals surface area contributed by atoms with Crippen molar-refractivity contribution in [1.29, 1.82) is 0 Å². The van der Waals surface area contributed by atoms with Gasteiger partial charge in [0.1, 0.15) is 6.33 Å². The molecule has 0 spiro atoms. The SMILES string of the molecule is Cc1cc(C)cc(-c2ncnc3c2sc2c(CC(C)C)nccc23)c1. The Morgan fingerprint density at radius 3 is 2.44 bits per heavy atom. The second-order valence-corrected chi connectivity index (χ2v) is 8.13. The van der Waals surface area contributed by atoms with Crippen molar-refractivity contribution in [1.82, 2.24) is 15.0 Å². The molecule has 3 nitrogen and oxygen atoms in total. The first-order valence-electron chi connectivity index (χ1n) is 8.62. The van der Waals surface area contributed by atoms with Crippen LogP contribution in [0.15, 0.2) is 36.8 Å². The highest BCUT2D eigenvalue weighted by Crippen LogP contribution is 2.39. The van der Waals surface area contributed by atoms with Crippen molar-refractivity contribution in [2.24, 2.45) is 5.92 Å². The van der Waals surface area contributed by atoms with Crippen LogP contribution in [0, 0.1) is 19.8 Å². The van der Waals surface area contributed by atoms with Crippen LogP contribution in [0.4, 0.5) is 0 Å². The van der Waals surface area contributed by atoms with E-state index in [-0.39, 0.29) is 0 Å². The quantitative estimate of drug-likeness (QED) is 0.475. The van der Waals surface area contributed by atoms with Crippen molar-refractivity contribution < 1.29 is 0 Å². The Balaban J connectivity index is 2.01. The highest BCUT2D eigenvalue weighted by atomic mass is 32.1. The van der Waals surface area contributed by atoms with Gasteiger partial charge in [-0.2, -0.15) is 0 Å². The number of hydrogen-bond acceptors (Lipinski definition) is 4. The van der Waals surface area contributed by atoms with E-state index in [1.165, 1.54) is 26.9 Å². The molecular formula is C21H21N3S. The first-order valence-corrected chi connectivity index (χ1v) is 9.44. The number of nitrogens with zero attached hydrogens (tertiary/aromatic N) is 3. The fourth-order valence-electron chi connectivity index (χ4n) is 3.41. The molecule has 0 saturated carbocycles. The third-order valence-corrected chi connectivity index (χ3v) is 5.59. The van der Waals surface area contributed by atoms with E-state index in [2.05, 4.69) is 66.9 Å². The Morgan fingerprint density at radius 2 is 1.72 bits per heavy atom. The Labute approximate surface area is 151 Å². The zero-order valence-corrected chi connectivity index (χ0v) is 15.8. The van der Waals surface area contributed by atoms with E-state index in [4.69, 9.17) is 0 Å². The summed E-state index contributed by atoms with van der Waals surface area (Å²) >= 11 is 1.78. The van der Waals surface area contributed by atoms with Crippen LogP contribution in [-0.2, 0) is 6.42 Å². The minimum Gasteiger partial charge on any atom is -0.260 e. The van der Waals surface area contributed by atoms with Gasteiger partial charge in [0.15, 0.2) is 0 Å². The first-order chi connectivity index (χ1) is 12.0. The second kappa shape index (κ2) is 6.19. The molecule has 25 heavy (non-hydrogen) atoms. The summed E-state index contributed by atoms with van der Waals surface area (Å²) in [5.41, 5.74) is 6.90. The van der Waals surface area contributed by atoms with Crippen molar-refractivity contribution in [3.05, 3.63) is 53.6 Å². The van der Waals surface area contributed by atoms with Gasteiger partial charge >= 0.3 is 0 Å². The molecule has 1 aromatic carbocycles. The van der Waals surface area contributed by atoms with E-state index >= 15 is 0 Å². The van der Waals surface area contributed by atoms with Gasteiger partial charge in [-0.15, -0.1) is 11.3 Å². The summed E-state index contributed by atoms with van der Waals surface area (Å²) in [5, 5.41) is 1.19. The molecule has 0 radical (unpaired) electrons. The van der Waals surface area contributed by atoms with Crippen LogP contribution in [0.3, 0.4) is 0 Å². The maximum atomic E-state index is 4.64. The zero-order valence-electron chi connectivity index (χ0n) is 15.0. The van der Waals surface area contributed by atoms with Gasteiger partial charge < -0.3 is 0 Å². The molecule has 0 bridgehead atoms. The zero-order chi connectivity index (χ0) is 17.6. The van der Waals surface area contributed by atoms with Crippen molar-refractivity contribution >= 4 is 31.6 Å². The maximum Gasteiger partial charge on any atom is 0.116 e. The van der Waals surface area contributed by atoms with Crippen LogP contribution in [-0.4, -0.2) is 15.0 Å². The third-order valence-electron chi connectivity index (χ3n) is 4.34. The molecule has 4 rings (SSSR count). The number of thiophene rings is 1. The Hall–Kier alpha value is -2.33. The molecule has 0 N–H and O–H groups in total. The lowest BCUT2D eigenvalue weighted by Gasteiger charge is -2.05. The smallest absolute Gasteiger partial charge is 0.116 e. The van der Waals surface area contributed by atoms with Crippen LogP contribution < -0.4 is 0 Å². The van der Waals surface area contributed by atoms with E-state index in [9.17, 15) is 0 Å². The molecule has 0 atom stereocenters. The molecule has 0 fully saturated rings. The molecule has 0 saturated heterocycles. The molecule has 0 amide bonds. The van der Waals surface area contributed by atoms with Crippen LogP contribution in [0.5, 0.6) is 0 Å². The predicted molar refractivity (Wildman–Crippen MR) is 106 cm³/mol. The van der Waals surface area contributed by atoms with Crippen LogP contribution in [0.2, 0.25) is 0 Å². The van der Waals surface area contributed by atoms with Gasteiger partial charge in [0, 0.05) is 17.1 Å². The third kappa shape index (κ3) is 2.91. The minimum atomic E-state index is 0.577. The standard InChI is InChI=1S/C21H21N3S/c1-12(2)7-17-20-16(5-6-22-17)19-21(25-20)18(23-11-24-19)15-9-13(3)8-14(4)10-15/h5-6,8-12H,7H2,1-4H3. The number of aromatic nitrogens is 3. The number of aryl methyl sites for hydroxylation is 2. The molecule has 3 aromatic heterocycles. The van der Waals surface area contributed by atoms with Gasteiger partial charge in [-0.25, -0.2) is 9.97 Å². The molecular weight excluding hydrogens is 326 g/mol. The lowest BCUT2D eigenvalue weighted by molar-refractivity contribution is 0.639. The van der Waals surface area contributed by atoms with Gasteiger partial charge in [0.2, 0.25) is 0 Å². The molecule has 0 aliphatic rings. The average molecular weight is 347 g/mol. The number of benzene rings is 1. The maximum absolute atomic E-state index is 4.64. The summed E-state index contributed by atoms with van der Waals surface area (Å²) < 4.78 is 2.40. The second-order valence-electron chi connectivity index (χ2n) is 7.11. The largest absolute Gasteiger partial charge is 0.260 e. The van der Waals surface area contributed by atoms with E-state index in [1.807, 2.05) is 6.20 Å². The Morgan fingerprint density at radius 1 is 0.960 bits per heavy atom. The first kappa shape index (κ1) is 16.2. The average Bonchev–Trinajstić information content (AvgIpc) is 2.93. The molecule has 3 heterocycles. The lowest BCUT2D eigenvalue weighted by Crippen LogP contribution is -1.96. The van der Waals surface area contributed by atoms with E-state index in [0.717, 1.165) is 27.9 Å². The van der Waals surface area contributed by atoms with Gasteiger partial charge in [0.05, 0.1) is 26.3 Å². The van der Waals surface area contributed by atoms with E-state index in [0.29, 0.717) is 5.92 Å². The number of pyridine rings is 1. The van der Waals surface area contributed by atoms with Gasteiger partial charge in [-0.3, -0.25) is 4.98 Å². The highest BCUT2D eigenvalue weighted by Gasteiger charge is 2.16. The van der Waals surface area contributed by atoms with Crippen molar-refractivity contribution in [3.63, 3.8) is 0 Å². The van der Waals surface area contributed by atoms with Crippen LogP contribution >= 0.6 is 11.3 Å². The minimum absolute atomic E-state index is 0.577. The molecule has 0 aliphatic carbocycles. The summed E-state index contributed by atoms with van der Waals surface area (Å²) in [6, 6.07) is 8.67. The predicted octanol–water partition coefficient (Wildman–Crippen LogP) is 5.72. The monoisotopic (exact) mass is 347 g/mol. The topological polar surface area (TPSA) is 38.7 Å². The Kier molecular flexibility index (Phi) is 4.00. The summed E-state index contributed by atoms with van der Waals surface area (Å²) in [4.78, 5) is 13.9. The van der Waals surface area contributed by atoms with Gasteiger partial charge in [-0.1, -0.05) is 31.0 Å². The normalized spacial score (nSPS) is 11.7. The van der Waals surface area contributed by atoms with Crippen molar-refractivity contribution in [2.75, 3.05) is 0 Å². The molecule has 126 valence electrons. The molecule has 4 aromatic rings. The van der Waals surface area contributed by atoms with E-state index in [1.54, 1.807) is 17.7 Å². The molecule has 4 heteroatoms. The number of rotatable bonds is 3. The molecule has 0 unspecified atom stereocenters. The summed E-state index contributed by atoms with van der Waals surface area (Å²) in [6.45, 7) is 8.72. The summed E-state index contributed by atoms with van der Waals surface area (Å²) in [6.07, 6.45) is 4.57. The van der Waals surface area contributed by atoms with Crippen LogP contribution in [0.1, 0.15) is 30.7 Å². The van der Waals surface area contributed by atoms with Gasteiger partial charge in [0.25, 0.3) is 0 Å². The van der Waals surface area contributed by atoms with E-state index < -0.39 is 0 Å². The van der Waals surface area contributed by atoms with Crippen LogP contribution in [0.25, 0.3) is 31.6 Å². The van der Waals surface area contributed by atoms with Crippen molar-refractivity contribution in [2.45, 2.75) is 34.1 Å². The number of fused-ring (bicyclic) bond motifs is 3. The summed E-state index contributed by atoms with van der Waals surface area (Å²) in [5.74, 6) is 0.577. The Bertz CT molecular complexity index is 1060. The highest BCUT2D eigenvalue weighted by molar-refractivity contribution is 7.26. The fourth-order valence-corrected chi connectivity index (χ4v) is 4.66. The lowest BCUT2D eigenvalue weighted by atomic mass is 10.0. The fraction of sp³-hybridized carbons (Fsp3) is 0.286.